The molecule has 1 atom stereocenters. The summed E-state index contributed by atoms with van der Waals surface area (Å²) in [6.07, 6.45) is -0.477. The first-order valence-electron chi connectivity index (χ1n) is 2.47. The monoisotopic (exact) mass is 196 g/mol. The molecular formula is C5H9BrO3. The van der Waals surface area contributed by atoms with Crippen LogP contribution in [0.2, 0.25) is 0 Å². The van der Waals surface area contributed by atoms with Crippen molar-refractivity contribution in [1.82, 2.24) is 0 Å². The molecule has 0 aliphatic carbocycles. The first-order valence-corrected chi connectivity index (χ1v) is 3.60. The number of hydrogen-bond acceptors (Lipinski definition) is 3. The van der Waals surface area contributed by atoms with Crippen LogP contribution >= 0.6 is 15.9 Å². The van der Waals surface area contributed by atoms with Crippen LogP contribution in [0.4, 0.5) is 0 Å². The van der Waals surface area contributed by atoms with Gasteiger partial charge in [-0.25, -0.2) is 4.79 Å². The predicted molar refractivity (Wildman–Crippen MR) is 36.4 cm³/mol. The van der Waals surface area contributed by atoms with Gasteiger partial charge in [0, 0.05) is 0 Å². The van der Waals surface area contributed by atoms with Gasteiger partial charge in [-0.2, -0.15) is 0 Å². The number of halogens is 1. The Labute approximate surface area is 62.5 Å². The highest BCUT2D eigenvalue weighted by atomic mass is 79.9. The van der Waals surface area contributed by atoms with Crippen molar-refractivity contribution in [2.75, 3.05) is 12.6 Å². The lowest BCUT2D eigenvalue weighted by molar-refractivity contribution is -0.151. The normalized spacial score (nSPS) is 12.8. The Morgan fingerprint density at radius 3 is 2.67 bits per heavy atom. The number of hydrogen-bond donors (Lipinski definition) is 0. The van der Waals surface area contributed by atoms with E-state index < -0.39 is 6.10 Å². The average molecular weight is 197 g/mol. The summed E-state index contributed by atoms with van der Waals surface area (Å²) in [5.41, 5.74) is 0.350. The molecule has 9 heavy (non-hydrogen) atoms. The quantitative estimate of drug-likeness (QED) is 0.498. The van der Waals surface area contributed by atoms with Crippen LogP contribution in [0.3, 0.4) is 0 Å². The Morgan fingerprint density at radius 2 is 2.33 bits per heavy atom. The van der Waals surface area contributed by atoms with Gasteiger partial charge in [0.2, 0.25) is 0 Å². The van der Waals surface area contributed by atoms with E-state index in [4.69, 9.17) is 4.74 Å². The minimum Gasteiger partial charge on any atom is -0.467 e. The second-order valence-electron chi connectivity index (χ2n) is 1.44. The summed E-state index contributed by atoms with van der Waals surface area (Å²) in [4.78, 5) is 10.5. The zero-order valence-electron chi connectivity index (χ0n) is 5.39. The molecule has 0 fully saturated rings. The number of carbonyl (C=O) groups excluding carboxylic acids is 1. The number of alkyl halides is 1. The van der Waals surface area contributed by atoms with E-state index in [1.165, 1.54) is 7.11 Å². The molecule has 1 unspecified atom stereocenters. The fourth-order valence-corrected chi connectivity index (χ4v) is 0.725. The summed E-state index contributed by atoms with van der Waals surface area (Å²) in [6.45, 7) is 1.63. The molecule has 0 radical (unpaired) electrons. The van der Waals surface area contributed by atoms with Crippen molar-refractivity contribution in [1.29, 1.82) is 0 Å². The Morgan fingerprint density at radius 1 is 1.78 bits per heavy atom. The molecule has 0 heterocycles. The maximum Gasteiger partial charge on any atom is 0.334 e. The van der Waals surface area contributed by atoms with E-state index in [1.54, 1.807) is 6.92 Å². The molecule has 0 aliphatic rings. The van der Waals surface area contributed by atoms with Gasteiger partial charge in [0.1, 0.15) is 5.52 Å². The molecule has 0 bridgehead atoms. The molecule has 0 rings (SSSR count). The number of esters is 1. The summed E-state index contributed by atoms with van der Waals surface area (Å²) in [6, 6.07) is 0. The van der Waals surface area contributed by atoms with Crippen LogP contribution in [0.1, 0.15) is 6.92 Å². The van der Waals surface area contributed by atoms with Crippen molar-refractivity contribution in [3.63, 3.8) is 0 Å². The van der Waals surface area contributed by atoms with Crippen LogP contribution in [0.5, 0.6) is 0 Å². The van der Waals surface area contributed by atoms with E-state index in [2.05, 4.69) is 20.7 Å². The topological polar surface area (TPSA) is 35.5 Å². The Balaban J connectivity index is 3.45. The van der Waals surface area contributed by atoms with E-state index in [-0.39, 0.29) is 5.97 Å². The van der Waals surface area contributed by atoms with Crippen LogP contribution in [0.25, 0.3) is 0 Å². The summed E-state index contributed by atoms with van der Waals surface area (Å²) in [5, 5.41) is 0. The van der Waals surface area contributed by atoms with E-state index in [9.17, 15) is 4.79 Å². The number of methoxy groups -OCH3 is 1. The molecule has 0 aliphatic heterocycles. The van der Waals surface area contributed by atoms with E-state index >= 15 is 0 Å². The highest BCUT2D eigenvalue weighted by molar-refractivity contribution is 9.09. The minimum absolute atomic E-state index is 0.350. The third kappa shape index (κ3) is 3.48. The molecule has 4 heteroatoms. The summed E-state index contributed by atoms with van der Waals surface area (Å²) in [7, 11) is 1.33. The largest absolute Gasteiger partial charge is 0.467 e. The number of carbonyl (C=O) groups is 1. The van der Waals surface area contributed by atoms with Crippen LogP contribution in [0.15, 0.2) is 0 Å². The van der Waals surface area contributed by atoms with Gasteiger partial charge in [-0.3, -0.25) is 0 Å². The second kappa shape index (κ2) is 4.76. The number of ether oxygens (including phenoxy) is 2. The zero-order chi connectivity index (χ0) is 7.28. The molecule has 0 spiro atoms. The SMILES string of the molecule is COC(=O)C(C)OCBr. The minimum atomic E-state index is -0.477. The summed E-state index contributed by atoms with van der Waals surface area (Å²) < 4.78 is 9.22. The molecule has 0 N–H and O–H groups in total. The molecule has 0 amide bonds. The fraction of sp³-hybridized carbons (Fsp3) is 0.800. The Bertz CT molecular complexity index is 94.2. The molecule has 0 aromatic heterocycles. The van der Waals surface area contributed by atoms with E-state index in [0.29, 0.717) is 5.52 Å². The lowest BCUT2D eigenvalue weighted by Gasteiger charge is -2.06. The first kappa shape index (κ1) is 8.91. The van der Waals surface area contributed by atoms with Gasteiger partial charge in [0.25, 0.3) is 0 Å². The lowest BCUT2D eigenvalue weighted by atomic mass is 10.4. The van der Waals surface area contributed by atoms with E-state index in [0.717, 1.165) is 0 Å². The van der Waals surface area contributed by atoms with Crippen molar-refractivity contribution in [2.45, 2.75) is 13.0 Å². The molecular weight excluding hydrogens is 188 g/mol. The third-order valence-corrected chi connectivity index (χ3v) is 1.11. The van der Waals surface area contributed by atoms with Crippen LogP contribution in [0, 0.1) is 0 Å². The van der Waals surface area contributed by atoms with Crippen molar-refractivity contribution >= 4 is 21.9 Å². The van der Waals surface area contributed by atoms with Crippen LogP contribution in [-0.2, 0) is 14.3 Å². The molecule has 0 saturated carbocycles. The van der Waals surface area contributed by atoms with Crippen LogP contribution in [-0.4, -0.2) is 24.7 Å². The Hall–Kier alpha value is -0.0900. The highest BCUT2D eigenvalue weighted by Crippen LogP contribution is 1.94. The maximum atomic E-state index is 10.5. The summed E-state index contributed by atoms with van der Waals surface area (Å²) >= 11 is 3.02. The van der Waals surface area contributed by atoms with Gasteiger partial charge in [-0.05, 0) is 6.92 Å². The summed E-state index contributed by atoms with van der Waals surface area (Å²) in [5.74, 6) is -0.352. The molecule has 3 nitrogen and oxygen atoms in total. The standard InChI is InChI=1S/C5H9BrO3/c1-4(9-3-6)5(7)8-2/h4H,3H2,1-2H3. The molecule has 0 aromatic carbocycles. The van der Waals surface area contributed by atoms with E-state index in [1.807, 2.05) is 0 Å². The van der Waals surface area contributed by atoms with Crippen molar-refractivity contribution in [3.8, 4) is 0 Å². The average Bonchev–Trinajstić information content (AvgIpc) is 1.87. The van der Waals surface area contributed by atoms with Gasteiger partial charge in [-0.1, -0.05) is 15.9 Å². The molecule has 0 saturated heterocycles. The van der Waals surface area contributed by atoms with Gasteiger partial charge in [0.05, 0.1) is 7.11 Å². The fourth-order valence-electron chi connectivity index (χ4n) is 0.328. The molecule has 54 valence electrons. The van der Waals surface area contributed by atoms with Crippen LogP contribution < -0.4 is 0 Å². The smallest absolute Gasteiger partial charge is 0.334 e. The Kier molecular flexibility index (Phi) is 4.71. The van der Waals surface area contributed by atoms with Gasteiger partial charge < -0.3 is 9.47 Å². The molecule has 0 aromatic rings. The third-order valence-electron chi connectivity index (χ3n) is 0.846. The highest BCUT2D eigenvalue weighted by Gasteiger charge is 2.11. The van der Waals surface area contributed by atoms with Gasteiger partial charge in [0.15, 0.2) is 6.10 Å². The lowest BCUT2D eigenvalue weighted by Crippen LogP contribution is -2.21. The zero-order valence-corrected chi connectivity index (χ0v) is 6.97. The van der Waals surface area contributed by atoms with Crippen molar-refractivity contribution in [3.05, 3.63) is 0 Å². The van der Waals surface area contributed by atoms with Gasteiger partial charge in [-0.15, -0.1) is 0 Å². The first-order chi connectivity index (χ1) is 4.22. The van der Waals surface area contributed by atoms with Gasteiger partial charge >= 0.3 is 5.97 Å². The number of rotatable bonds is 3. The van der Waals surface area contributed by atoms with Crippen molar-refractivity contribution < 1.29 is 14.3 Å². The van der Waals surface area contributed by atoms with Crippen molar-refractivity contribution in [2.24, 2.45) is 0 Å². The second-order valence-corrected chi connectivity index (χ2v) is 1.90. The maximum absolute atomic E-state index is 10.5. The predicted octanol–water partition coefficient (Wildman–Crippen LogP) is 0.917.